The third kappa shape index (κ3) is 5.51. The van der Waals surface area contributed by atoms with Crippen LogP contribution in [0.15, 0.2) is 24.3 Å². The predicted octanol–water partition coefficient (Wildman–Crippen LogP) is 0.836. The van der Waals surface area contributed by atoms with Crippen molar-refractivity contribution in [3.05, 3.63) is 29.8 Å². The number of esters is 2. The summed E-state index contributed by atoms with van der Waals surface area (Å²) in [4.78, 5) is 37.7. The number of hydrogen-bond donors (Lipinski definition) is 1. The van der Waals surface area contributed by atoms with Gasteiger partial charge in [0, 0.05) is 12.2 Å². The van der Waals surface area contributed by atoms with Crippen molar-refractivity contribution in [2.75, 3.05) is 25.2 Å². The van der Waals surface area contributed by atoms with Crippen molar-refractivity contribution in [2.45, 2.75) is 45.0 Å². The van der Waals surface area contributed by atoms with Crippen LogP contribution in [0.25, 0.3) is 0 Å². The molecule has 1 aromatic carbocycles. The minimum absolute atomic E-state index is 0.0762. The number of carbonyl (C=O) groups excluding carboxylic acids is 3. The van der Waals surface area contributed by atoms with Crippen LogP contribution in [-0.4, -0.2) is 61.0 Å². The number of methoxy groups -OCH3 is 1. The first kappa shape index (κ1) is 20.9. The first-order chi connectivity index (χ1) is 12.6. The molecular formula is C19H25NO7. The van der Waals surface area contributed by atoms with E-state index >= 15 is 0 Å². The Morgan fingerprint density at radius 2 is 2.07 bits per heavy atom. The van der Waals surface area contributed by atoms with Crippen LogP contribution in [0, 0.1) is 0 Å². The zero-order chi connectivity index (χ0) is 20.2. The average molecular weight is 379 g/mol. The molecule has 1 saturated heterocycles. The van der Waals surface area contributed by atoms with E-state index < -0.39 is 35.7 Å². The third-order valence-corrected chi connectivity index (χ3v) is 3.86. The van der Waals surface area contributed by atoms with Gasteiger partial charge in [0.25, 0.3) is 5.91 Å². The molecule has 0 spiro atoms. The van der Waals surface area contributed by atoms with E-state index in [1.165, 1.54) is 12.0 Å². The number of aliphatic hydroxyl groups is 1. The van der Waals surface area contributed by atoms with Crippen LogP contribution in [0.5, 0.6) is 0 Å². The molecule has 1 aromatic rings. The molecule has 8 nitrogen and oxygen atoms in total. The Balaban J connectivity index is 2.15. The summed E-state index contributed by atoms with van der Waals surface area (Å²) in [5.74, 6) is -1.85. The standard InChI is InChI=1S/C19H25NO7/c1-19(2,3)27-18(24)15(22)16-17(23)20(8-9-26-16)13-7-5-6-12(10-13)11-14(21)25-4/h5-7,10,15-16,22H,8-9,11H2,1-4H3/t15-,16-/m1/s1. The number of amides is 1. The van der Waals surface area contributed by atoms with Gasteiger partial charge in [-0.15, -0.1) is 0 Å². The molecule has 1 heterocycles. The second-order valence-electron chi connectivity index (χ2n) is 7.18. The van der Waals surface area contributed by atoms with Crippen LogP contribution in [0.2, 0.25) is 0 Å². The summed E-state index contributed by atoms with van der Waals surface area (Å²) < 4.78 is 15.1. The molecule has 2 rings (SSSR count). The maximum Gasteiger partial charge on any atom is 0.338 e. The Morgan fingerprint density at radius 3 is 2.70 bits per heavy atom. The molecule has 0 radical (unpaired) electrons. The first-order valence-electron chi connectivity index (χ1n) is 8.62. The summed E-state index contributed by atoms with van der Waals surface area (Å²) in [5.41, 5.74) is 0.437. The van der Waals surface area contributed by atoms with E-state index in [1.54, 1.807) is 45.0 Å². The van der Waals surface area contributed by atoms with Crippen LogP contribution >= 0.6 is 0 Å². The maximum atomic E-state index is 12.8. The van der Waals surface area contributed by atoms with Crippen LogP contribution in [0.3, 0.4) is 0 Å². The molecule has 1 aliphatic rings. The van der Waals surface area contributed by atoms with Gasteiger partial charge >= 0.3 is 11.9 Å². The van der Waals surface area contributed by atoms with Crippen molar-refractivity contribution in [1.29, 1.82) is 0 Å². The van der Waals surface area contributed by atoms with Crippen LogP contribution in [0.4, 0.5) is 5.69 Å². The van der Waals surface area contributed by atoms with Gasteiger partial charge in [-0.1, -0.05) is 12.1 Å². The Kier molecular flexibility index (Phi) is 6.56. The fraction of sp³-hybridized carbons (Fsp3) is 0.526. The van der Waals surface area contributed by atoms with Crippen molar-refractivity contribution >= 4 is 23.5 Å². The van der Waals surface area contributed by atoms with Crippen molar-refractivity contribution in [3.8, 4) is 0 Å². The van der Waals surface area contributed by atoms with Crippen molar-refractivity contribution in [1.82, 2.24) is 0 Å². The summed E-state index contributed by atoms with van der Waals surface area (Å²) in [5, 5.41) is 10.2. The van der Waals surface area contributed by atoms with Gasteiger partial charge in [-0.2, -0.15) is 0 Å². The molecule has 0 saturated carbocycles. The van der Waals surface area contributed by atoms with Gasteiger partial charge in [-0.3, -0.25) is 9.59 Å². The zero-order valence-electron chi connectivity index (χ0n) is 15.9. The van der Waals surface area contributed by atoms with E-state index in [0.29, 0.717) is 11.3 Å². The molecule has 0 bridgehead atoms. The Hall–Kier alpha value is -2.45. The van der Waals surface area contributed by atoms with Crippen LogP contribution in [0.1, 0.15) is 26.3 Å². The quantitative estimate of drug-likeness (QED) is 0.756. The van der Waals surface area contributed by atoms with Gasteiger partial charge in [-0.05, 0) is 38.5 Å². The van der Waals surface area contributed by atoms with E-state index in [1.807, 2.05) is 0 Å². The minimum atomic E-state index is -1.72. The van der Waals surface area contributed by atoms with Crippen molar-refractivity contribution < 1.29 is 33.7 Å². The number of rotatable bonds is 5. The Morgan fingerprint density at radius 1 is 1.37 bits per heavy atom. The van der Waals surface area contributed by atoms with Crippen molar-refractivity contribution in [2.24, 2.45) is 0 Å². The fourth-order valence-corrected chi connectivity index (χ4v) is 2.65. The summed E-state index contributed by atoms with van der Waals surface area (Å²) in [6.45, 7) is 5.41. The largest absolute Gasteiger partial charge is 0.469 e. The average Bonchev–Trinajstić information content (AvgIpc) is 2.60. The number of nitrogens with zero attached hydrogens (tertiary/aromatic N) is 1. The number of hydrogen-bond acceptors (Lipinski definition) is 7. The normalized spacial score (nSPS) is 18.8. The van der Waals surface area contributed by atoms with Gasteiger partial charge in [-0.25, -0.2) is 4.79 Å². The lowest BCUT2D eigenvalue weighted by Gasteiger charge is -2.34. The molecule has 148 valence electrons. The van der Waals surface area contributed by atoms with Gasteiger partial charge in [0.05, 0.1) is 20.1 Å². The summed E-state index contributed by atoms with van der Waals surface area (Å²) in [6, 6.07) is 6.87. The molecule has 0 aromatic heterocycles. The number of benzene rings is 1. The van der Waals surface area contributed by atoms with Crippen LogP contribution < -0.4 is 4.90 Å². The number of morpholine rings is 1. The molecule has 8 heteroatoms. The second kappa shape index (κ2) is 8.49. The number of anilines is 1. The lowest BCUT2D eigenvalue weighted by Crippen LogP contribution is -2.55. The topological polar surface area (TPSA) is 102 Å². The van der Waals surface area contributed by atoms with Gasteiger partial charge in [0.15, 0.2) is 12.2 Å². The predicted molar refractivity (Wildman–Crippen MR) is 96.1 cm³/mol. The lowest BCUT2D eigenvalue weighted by atomic mass is 10.1. The van der Waals surface area contributed by atoms with E-state index in [-0.39, 0.29) is 19.6 Å². The van der Waals surface area contributed by atoms with E-state index in [4.69, 9.17) is 9.47 Å². The van der Waals surface area contributed by atoms with Crippen LogP contribution in [-0.2, 0) is 35.0 Å². The number of ether oxygens (including phenoxy) is 3. The highest BCUT2D eigenvalue weighted by molar-refractivity contribution is 6.00. The maximum absolute atomic E-state index is 12.8. The highest BCUT2D eigenvalue weighted by Crippen LogP contribution is 2.23. The molecule has 1 N–H and O–H groups in total. The third-order valence-electron chi connectivity index (χ3n) is 3.86. The van der Waals surface area contributed by atoms with Gasteiger partial charge < -0.3 is 24.2 Å². The molecular weight excluding hydrogens is 354 g/mol. The number of aliphatic hydroxyl groups excluding tert-OH is 1. The molecule has 27 heavy (non-hydrogen) atoms. The monoisotopic (exact) mass is 379 g/mol. The SMILES string of the molecule is COC(=O)Cc1cccc(N2CCO[C@H]([C@@H](O)C(=O)OC(C)(C)C)C2=O)c1. The summed E-state index contributed by atoms with van der Waals surface area (Å²) >= 11 is 0. The molecule has 0 aliphatic carbocycles. The molecule has 2 atom stereocenters. The molecule has 1 aliphatic heterocycles. The minimum Gasteiger partial charge on any atom is -0.469 e. The first-order valence-corrected chi connectivity index (χ1v) is 8.62. The highest BCUT2D eigenvalue weighted by atomic mass is 16.6. The zero-order valence-corrected chi connectivity index (χ0v) is 15.9. The lowest BCUT2D eigenvalue weighted by molar-refractivity contribution is -0.177. The van der Waals surface area contributed by atoms with E-state index in [0.717, 1.165) is 0 Å². The smallest absolute Gasteiger partial charge is 0.338 e. The second-order valence-corrected chi connectivity index (χ2v) is 7.18. The van der Waals surface area contributed by atoms with E-state index in [2.05, 4.69) is 4.74 Å². The van der Waals surface area contributed by atoms with Gasteiger partial charge in [0.1, 0.15) is 5.60 Å². The number of carbonyl (C=O) groups is 3. The Bertz CT molecular complexity index is 710. The Labute approximate surface area is 158 Å². The van der Waals surface area contributed by atoms with E-state index in [9.17, 15) is 19.5 Å². The fourth-order valence-electron chi connectivity index (χ4n) is 2.65. The highest BCUT2D eigenvalue weighted by Gasteiger charge is 2.41. The molecule has 1 amide bonds. The van der Waals surface area contributed by atoms with Crippen molar-refractivity contribution in [3.63, 3.8) is 0 Å². The van der Waals surface area contributed by atoms with Gasteiger partial charge in [0.2, 0.25) is 0 Å². The summed E-state index contributed by atoms with van der Waals surface area (Å²) in [6.07, 6.45) is -3.00. The summed E-state index contributed by atoms with van der Waals surface area (Å²) in [7, 11) is 1.31. The molecule has 0 unspecified atom stereocenters. The molecule has 1 fully saturated rings.